The number of rotatable bonds is 7. The van der Waals surface area contributed by atoms with Gasteiger partial charge in [-0.3, -0.25) is 4.90 Å². The maximum Gasteiger partial charge on any atom is 0.0455 e. The van der Waals surface area contributed by atoms with Gasteiger partial charge in [-0.1, -0.05) is 91.0 Å². The van der Waals surface area contributed by atoms with Gasteiger partial charge >= 0.3 is 0 Å². The van der Waals surface area contributed by atoms with Gasteiger partial charge in [-0.2, -0.15) is 0 Å². The summed E-state index contributed by atoms with van der Waals surface area (Å²) in [6.07, 6.45) is 7.46. The summed E-state index contributed by atoms with van der Waals surface area (Å²) in [5.41, 5.74) is 4.62. The Balaban J connectivity index is 1.53. The van der Waals surface area contributed by atoms with Crippen LogP contribution in [0.25, 0.3) is 0 Å². The molecule has 156 valence electrons. The van der Waals surface area contributed by atoms with Crippen molar-refractivity contribution in [2.45, 2.75) is 44.1 Å². The van der Waals surface area contributed by atoms with E-state index in [1.165, 1.54) is 55.2 Å². The summed E-state index contributed by atoms with van der Waals surface area (Å²) in [6.45, 7) is 0. The number of nitrogens with zero attached hydrogens (tertiary/aromatic N) is 1. The van der Waals surface area contributed by atoms with E-state index < -0.39 is 0 Å². The second kappa shape index (κ2) is 9.62. The van der Waals surface area contributed by atoms with Crippen LogP contribution in [-0.2, 0) is 18.4 Å². The smallest absolute Gasteiger partial charge is 0.0455 e. The number of hydrogen-bond acceptors (Lipinski definition) is 1. The summed E-state index contributed by atoms with van der Waals surface area (Å²) < 4.78 is 0. The van der Waals surface area contributed by atoms with E-state index in [1.807, 2.05) is 0 Å². The minimum atomic E-state index is 0.182. The van der Waals surface area contributed by atoms with Crippen molar-refractivity contribution in [1.29, 1.82) is 0 Å². The van der Waals surface area contributed by atoms with Crippen molar-refractivity contribution >= 4 is 0 Å². The van der Waals surface area contributed by atoms with E-state index in [2.05, 4.69) is 110 Å². The van der Waals surface area contributed by atoms with Crippen LogP contribution in [-0.4, -0.2) is 19.0 Å². The highest BCUT2D eigenvalue weighted by atomic mass is 15.1. The third-order valence-corrected chi connectivity index (χ3v) is 7.37. The van der Waals surface area contributed by atoms with Gasteiger partial charge in [0.25, 0.3) is 0 Å². The van der Waals surface area contributed by atoms with E-state index in [4.69, 9.17) is 0 Å². The fraction of sp³-hybridized carbons (Fsp3) is 0.379. The van der Waals surface area contributed by atoms with E-state index >= 15 is 0 Å². The van der Waals surface area contributed by atoms with Crippen LogP contribution >= 0.6 is 0 Å². The molecule has 0 aromatic heterocycles. The predicted octanol–water partition coefficient (Wildman–Crippen LogP) is 6.74. The van der Waals surface area contributed by atoms with Crippen LogP contribution in [0, 0.1) is 11.8 Å². The summed E-state index contributed by atoms with van der Waals surface area (Å²) in [5.74, 6) is 1.48. The van der Waals surface area contributed by atoms with Crippen LogP contribution in [0.5, 0.6) is 0 Å². The van der Waals surface area contributed by atoms with E-state index in [-0.39, 0.29) is 5.54 Å². The second-order valence-electron chi connectivity index (χ2n) is 9.27. The maximum atomic E-state index is 2.47. The fourth-order valence-corrected chi connectivity index (χ4v) is 5.57. The summed E-state index contributed by atoms with van der Waals surface area (Å²) in [6, 6.07) is 33.4. The molecule has 0 unspecified atom stereocenters. The zero-order chi connectivity index (χ0) is 20.8. The number of benzene rings is 3. The molecule has 0 bridgehead atoms. The molecule has 1 saturated carbocycles. The Hall–Kier alpha value is -2.38. The first kappa shape index (κ1) is 20.9. The highest BCUT2D eigenvalue weighted by Crippen LogP contribution is 2.46. The van der Waals surface area contributed by atoms with Gasteiger partial charge in [0.15, 0.2) is 0 Å². The molecule has 4 rings (SSSR count). The molecule has 1 aliphatic carbocycles. The summed E-state index contributed by atoms with van der Waals surface area (Å²) in [4.78, 5) is 2.47. The minimum Gasteiger partial charge on any atom is -0.300 e. The van der Waals surface area contributed by atoms with Gasteiger partial charge in [0, 0.05) is 5.54 Å². The van der Waals surface area contributed by atoms with Crippen LogP contribution in [0.2, 0.25) is 0 Å². The molecule has 1 heteroatoms. The third-order valence-electron chi connectivity index (χ3n) is 7.37. The van der Waals surface area contributed by atoms with Gasteiger partial charge in [-0.05, 0) is 81.1 Å². The zero-order valence-corrected chi connectivity index (χ0v) is 18.5. The highest BCUT2D eigenvalue weighted by molar-refractivity contribution is 5.26. The molecular weight excluding hydrogens is 362 g/mol. The molecule has 1 nitrogen and oxygen atoms in total. The summed E-state index contributed by atoms with van der Waals surface area (Å²) in [5, 5.41) is 0. The average molecular weight is 398 g/mol. The van der Waals surface area contributed by atoms with E-state index in [1.54, 1.807) is 0 Å². The molecule has 0 radical (unpaired) electrons. The molecule has 0 heterocycles. The van der Waals surface area contributed by atoms with E-state index in [9.17, 15) is 0 Å². The standard InChI is InChI=1S/C29H35N/c1-30(2)29(28-16-10-5-11-17-28)20-18-26(19-21-29)27(22-24-12-6-3-7-13-24)23-25-14-8-4-9-15-25/h3-17,26-27H,18-23H2,1-2H3. The van der Waals surface area contributed by atoms with Crippen molar-refractivity contribution in [3.05, 3.63) is 108 Å². The quantitative estimate of drug-likeness (QED) is 0.427. The van der Waals surface area contributed by atoms with Crippen molar-refractivity contribution in [2.75, 3.05) is 14.1 Å². The lowest BCUT2D eigenvalue weighted by Crippen LogP contribution is -2.45. The molecule has 3 aromatic rings. The molecule has 1 aliphatic rings. The molecule has 0 aliphatic heterocycles. The molecule has 3 aromatic carbocycles. The molecule has 0 atom stereocenters. The molecule has 1 fully saturated rings. The van der Waals surface area contributed by atoms with Gasteiger partial charge in [0.1, 0.15) is 0 Å². The lowest BCUT2D eigenvalue weighted by molar-refractivity contribution is 0.0611. The van der Waals surface area contributed by atoms with E-state index in [0.29, 0.717) is 5.92 Å². The molecule has 0 amide bonds. The van der Waals surface area contributed by atoms with Gasteiger partial charge in [-0.25, -0.2) is 0 Å². The largest absolute Gasteiger partial charge is 0.300 e. The highest BCUT2D eigenvalue weighted by Gasteiger charge is 2.40. The van der Waals surface area contributed by atoms with Gasteiger partial charge in [0.05, 0.1) is 0 Å². The Bertz CT molecular complexity index is 836. The monoisotopic (exact) mass is 397 g/mol. The van der Waals surface area contributed by atoms with Crippen LogP contribution in [0.1, 0.15) is 42.4 Å². The van der Waals surface area contributed by atoms with Crippen molar-refractivity contribution in [3.63, 3.8) is 0 Å². The van der Waals surface area contributed by atoms with Crippen molar-refractivity contribution in [1.82, 2.24) is 4.90 Å². The van der Waals surface area contributed by atoms with Crippen LogP contribution in [0.3, 0.4) is 0 Å². The zero-order valence-electron chi connectivity index (χ0n) is 18.5. The molecule has 30 heavy (non-hydrogen) atoms. The predicted molar refractivity (Wildman–Crippen MR) is 128 cm³/mol. The second-order valence-corrected chi connectivity index (χ2v) is 9.27. The normalized spacial score (nSPS) is 21.8. The molecular formula is C29H35N. The average Bonchev–Trinajstić information content (AvgIpc) is 2.80. The van der Waals surface area contributed by atoms with E-state index in [0.717, 1.165) is 5.92 Å². The third kappa shape index (κ3) is 4.68. The Kier molecular flexibility index (Phi) is 6.69. The molecule has 0 N–H and O–H groups in total. The topological polar surface area (TPSA) is 3.24 Å². The van der Waals surface area contributed by atoms with Gasteiger partial charge < -0.3 is 0 Å². The Morgan fingerprint density at radius 2 is 1.13 bits per heavy atom. The van der Waals surface area contributed by atoms with Crippen molar-refractivity contribution < 1.29 is 0 Å². The maximum absolute atomic E-state index is 2.47. The SMILES string of the molecule is CN(C)C1(c2ccccc2)CCC(C(Cc2ccccc2)Cc2ccccc2)CC1. The summed E-state index contributed by atoms with van der Waals surface area (Å²) >= 11 is 0. The van der Waals surface area contributed by atoms with Gasteiger partial charge in [0.2, 0.25) is 0 Å². The van der Waals surface area contributed by atoms with Crippen LogP contribution in [0.4, 0.5) is 0 Å². The Labute approximate surface area is 182 Å². The first-order valence-electron chi connectivity index (χ1n) is 11.5. The fourth-order valence-electron chi connectivity index (χ4n) is 5.57. The van der Waals surface area contributed by atoms with Crippen LogP contribution in [0.15, 0.2) is 91.0 Å². The first-order chi connectivity index (χ1) is 14.7. The lowest BCUT2D eigenvalue weighted by Gasteiger charge is -2.47. The summed E-state index contributed by atoms with van der Waals surface area (Å²) in [7, 11) is 4.53. The van der Waals surface area contributed by atoms with Crippen molar-refractivity contribution in [2.24, 2.45) is 11.8 Å². The Morgan fingerprint density at radius 3 is 1.57 bits per heavy atom. The Morgan fingerprint density at radius 1 is 0.700 bits per heavy atom. The minimum absolute atomic E-state index is 0.182. The number of hydrogen-bond donors (Lipinski definition) is 0. The van der Waals surface area contributed by atoms with Crippen molar-refractivity contribution in [3.8, 4) is 0 Å². The molecule has 0 spiro atoms. The van der Waals surface area contributed by atoms with Gasteiger partial charge in [-0.15, -0.1) is 0 Å². The molecule has 0 saturated heterocycles. The van der Waals surface area contributed by atoms with Crippen LogP contribution < -0.4 is 0 Å². The lowest BCUT2D eigenvalue weighted by atomic mass is 9.67. The first-order valence-corrected chi connectivity index (χ1v) is 11.5.